The van der Waals surface area contributed by atoms with Crippen LogP contribution < -0.4 is 5.32 Å². The van der Waals surface area contributed by atoms with Crippen LogP contribution in [0.25, 0.3) is 0 Å². The third-order valence-corrected chi connectivity index (χ3v) is 2.88. The Morgan fingerprint density at radius 1 is 1.53 bits per heavy atom. The first-order chi connectivity index (χ1) is 9.04. The van der Waals surface area contributed by atoms with E-state index in [-0.39, 0.29) is 24.3 Å². The Morgan fingerprint density at radius 3 is 2.89 bits per heavy atom. The molecule has 100 valence electrons. The largest absolute Gasteiger partial charge is 0.466 e. The number of rotatable bonds is 4. The summed E-state index contributed by atoms with van der Waals surface area (Å²) in [6.07, 6.45) is -0.197. The molecule has 0 saturated carbocycles. The number of fused-ring (bicyclic) bond motifs is 1. The monoisotopic (exact) mass is 264 g/mol. The van der Waals surface area contributed by atoms with Crippen LogP contribution in [0.5, 0.6) is 0 Å². The smallest absolute Gasteiger partial charge is 0.306 e. The Balaban J connectivity index is 2.36. The van der Waals surface area contributed by atoms with Crippen LogP contribution in [0.1, 0.15) is 24.8 Å². The molecule has 0 aliphatic carbocycles. The molecule has 7 heteroatoms. The zero-order valence-corrected chi connectivity index (χ0v) is 10.2. The van der Waals surface area contributed by atoms with Crippen molar-refractivity contribution < 1.29 is 19.2 Å². The Labute approximate surface area is 108 Å². The lowest BCUT2D eigenvalue weighted by Gasteiger charge is -2.08. The molecule has 19 heavy (non-hydrogen) atoms. The Bertz CT molecular complexity index is 555. The molecule has 1 atom stereocenters. The van der Waals surface area contributed by atoms with Gasteiger partial charge in [-0.3, -0.25) is 19.7 Å². The van der Waals surface area contributed by atoms with Crippen molar-refractivity contribution in [2.45, 2.75) is 19.3 Å². The fourth-order valence-corrected chi connectivity index (χ4v) is 2.12. The number of ether oxygens (including phenoxy) is 1. The maximum Gasteiger partial charge on any atom is 0.306 e. The first-order valence-corrected chi connectivity index (χ1v) is 5.78. The maximum absolute atomic E-state index is 11.8. The number of nitro groups is 1. The molecule has 1 aliphatic heterocycles. The molecule has 1 amide bonds. The summed E-state index contributed by atoms with van der Waals surface area (Å²) in [6, 6.07) is 4.38. The first kappa shape index (κ1) is 13.0. The van der Waals surface area contributed by atoms with E-state index >= 15 is 0 Å². The molecular weight excluding hydrogens is 252 g/mol. The molecule has 1 aliphatic rings. The number of carbonyl (C=O) groups excluding carboxylic acids is 2. The van der Waals surface area contributed by atoms with E-state index in [1.54, 1.807) is 13.0 Å². The zero-order chi connectivity index (χ0) is 14.0. The van der Waals surface area contributed by atoms with Gasteiger partial charge in [0.2, 0.25) is 5.91 Å². The molecule has 0 fully saturated rings. The Hall–Kier alpha value is -2.44. The predicted octanol–water partition coefficient (Wildman–Crippen LogP) is 1.58. The molecule has 1 aromatic rings. The van der Waals surface area contributed by atoms with Crippen LogP contribution in [0.2, 0.25) is 0 Å². The van der Waals surface area contributed by atoms with Gasteiger partial charge >= 0.3 is 5.97 Å². The third kappa shape index (κ3) is 2.40. The lowest BCUT2D eigenvalue weighted by atomic mass is 9.95. The molecule has 1 unspecified atom stereocenters. The minimum Gasteiger partial charge on any atom is -0.466 e. The van der Waals surface area contributed by atoms with Crippen LogP contribution in [0.3, 0.4) is 0 Å². The normalized spacial score (nSPS) is 16.7. The fraction of sp³-hybridized carbons (Fsp3) is 0.333. The van der Waals surface area contributed by atoms with E-state index in [2.05, 4.69) is 5.32 Å². The highest BCUT2D eigenvalue weighted by Gasteiger charge is 2.38. The summed E-state index contributed by atoms with van der Waals surface area (Å²) in [5, 5.41) is 13.5. The van der Waals surface area contributed by atoms with Crippen LogP contribution in [-0.2, 0) is 14.3 Å². The molecule has 0 radical (unpaired) electrons. The van der Waals surface area contributed by atoms with Crippen molar-refractivity contribution in [1.82, 2.24) is 0 Å². The van der Waals surface area contributed by atoms with Gasteiger partial charge in [-0.25, -0.2) is 0 Å². The van der Waals surface area contributed by atoms with Crippen LogP contribution in [-0.4, -0.2) is 23.4 Å². The first-order valence-electron chi connectivity index (χ1n) is 5.78. The highest BCUT2D eigenvalue weighted by Crippen LogP contribution is 2.40. The summed E-state index contributed by atoms with van der Waals surface area (Å²) in [6.45, 7) is 1.86. The van der Waals surface area contributed by atoms with Gasteiger partial charge in [-0.1, -0.05) is 6.07 Å². The molecule has 7 nitrogen and oxygen atoms in total. The van der Waals surface area contributed by atoms with Crippen molar-refractivity contribution in [2.75, 3.05) is 11.9 Å². The summed E-state index contributed by atoms with van der Waals surface area (Å²) < 4.78 is 4.78. The second-order valence-electron chi connectivity index (χ2n) is 4.05. The Kier molecular flexibility index (Phi) is 3.46. The quantitative estimate of drug-likeness (QED) is 0.505. The SMILES string of the molecule is CCOC(=O)CC1C(=O)Nc2cccc([N+](=O)[O-])c21. The lowest BCUT2D eigenvalue weighted by Crippen LogP contribution is -2.17. The summed E-state index contributed by atoms with van der Waals surface area (Å²) in [7, 11) is 0. The summed E-state index contributed by atoms with van der Waals surface area (Å²) in [5.41, 5.74) is 0.476. The molecule has 1 aromatic carbocycles. The lowest BCUT2D eigenvalue weighted by molar-refractivity contribution is -0.385. The fourth-order valence-electron chi connectivity index (χ4n) is 2.12. The van der Waals surface area contributed by atoms with E-state index in [1.165, 1.54) is 12.1 Å². The highest BCUT2D eigenvalue weighted by molar-refractivity contribution is 6.05. The number of nitrogens with zero attached hydrogens (tertiary/aromatic N) is 1. The van der Waals surface area contributed by atoms with Gasteiger partial charge in [0, 0.05) is 6.07 Å². The van der Waals surface area contributed by atoms with Gasteiger partial charge in [0.05, 0.1) is 35.1 Å². The van der Waals surface area contributed by atoms with Crippen molar-refractivity contribution in [1.29, 1.82) is 0 Å². The molecule has 0 spiro atoms. The van der Waals surface area contributed by atoms with Crippen molar-refractivity contribution in [3.05, 3.63) is 33.9 Å². The van der Waals surface area contributed by atoms with Crippen LogP contribution in [0.15, 0.2) is 18.2 Å². The summed E-state index contributed by atoms with van der Waals surface area (Å²) in [5.74, 6) is -1.83. The number of carbonyl (C=O) groups is 2. The maximum atomic E-state index is 11.8. The second kappa shape index (κ2) is 5.05. The van der Waals surface area contributed by atoms with Gasteiger partial charge in [-0.15, -0.1) is 0 Å². The van der Waals surface area contributed by atoms with Gasteiger partial charge in [0.15, 0.2) is 0 Å². The molecule has 1 N–H and O–H groups in total. The molecule has 2 rings (SSSR count). The van der Waals surface area contributed by atoms with Crippen molar-refractivity contribution in [3.63, 3.8) is 0 Å². The zero-order valence-electron chi connectivity index (χ0n) is 10.2. The van der Waals surface area contributed by atoms with Gasteiger partial charge in [0.1, 0.15) is 0 Å². The summed E-state index contributed by atoms with van der Waals surface area (Å²) >= 11 is 0. The molecule has 0 bridgehead atoms. The van der Waals surface area contributed by atoms with E-state index in [1.807, 2.05) is 0 Å². The number of hydrogen-bond donors (Lipinski definition) is 1. The van der Waals surface area contributed by atoms with Gasteiger partial charge in [0.25, 0.3) is 5.69 Å². The van der Waals surface area contributed by atoms with Crippen molar-refractivity contribution in [2.24, 2.45) is 0 Å². The van der Waals surface area contributed by atoms with Crippen LogP contribution in [0.4, 0.5) is 11.4 Å². The van der Waals surface area contributed by atoms with E-state index in [0.29, 0.717) is 5.69 Å². The standard InChI is InChI=1S/C12H12N2O5/c1-2-19-10(15)6-7-11-8(13-12(7)16)4-3-5-9(11)14(17)18/h3-5,7H,2,6H2,1H3,(H,13,16). The highest BCUT2D eigenvalue weighted by atomic mass is 16.6. The van der Waals surface area contributed by atoms with Crippen LogP contribution in [0, 0.1) is 10.1 Å². The minimum absolute atomic E-state index is 0.162. The van der Waals surface area contributed by atoms with Crippen LogP contribution >= 0.6 is 0 Å². The minimum atomic E-state index is -0.865. The van der Waals surface area contributed by atoms with E-state index in [9.17, 15) is 19.7 Å². The molecular formula is C12H12N2O5. The number of nitrogens with one attached hydrogen (secondary N) is 1. The topological polar surface area (TPSA) is 98.5 Å². The number of benzene rings is 1. The Morgan fingerprint density at radius 2 is 2.26 bits per heavy atom. The van der Waals surface area contributed by atoms with E-state index in [0.717, 1.165) is 0 Å². The predicted molar refractivity (Wildman–Crippen MR) is 65.7 cm³/mol. The number of anilines is 1. The summed E-state index contributed by atoms with van der Waals surface area (Å²) in [4.78, 5) is 33.7. The van der Waals surface area contributed by atoms with E-state index in [4.69, 9.17) is 4.74 Å². The van der Waals surface area contributed by atoms with Gasteiger partial charge in [-0.05, 0) is 13.0 Å². The molecule has 0 saturated heterocycles. The molecule has 1 heterocycles. The molecule has 0 aromatic heterocycles. The van der Waals surface area contributed by atoms with Gasteiger partial charge in [-0.2, -0.15) is 0 Å². The number of esters is 1. The average molecular weight is 264 g/mol. The number of nitro benzene ring substituents is 1. The number of amides is 1. The third-order valence-electron chi connectivity index (χ3n) is 2.88. The average Bonchev–Trinajstić information content (AvgIpc) is 2.66. The van der Waals surface area contributed by atoms with Crippen molar-refractivity contribution >= 4 is 23.3 Å². The van der Waals surface area contributed by atoms with Gasteiger partial charge < -0.3 is 10.1 Å². The van der Waals surface area contributed by atoms with E-state index < -0.39 is 22.7 Å². The van der Waals surface area contributed by atoms with Crippen molar-refractivity contribution in [3.8, 4) is 0 Å². The second-order valence-corrected chi connectivity index (χ2v) is 4.05. The number of hydrogen-bond acceptors (Lipinski definition) is 5.